The Morgan fingerprint density at radius 1 is 1.26 bits per heavy atom. The number of nitrogens with zero attached hydrogens (tertiary/aromatic N) is 2. The molecule has 2 heterocycles. The molecule has 23 heavy (non-hydrogen) atoms. The first kappa shape index (κ1) is 15.2. The number of aryl methyl sites for hydroxylation is 3. The smallest absolute Gasteiger partial charge is 0.319 e. The molecule has 0 aliphatic carbocycles. The second-order valence-electron chi connectivity index (χ2n) is 5.45. The fraction of sp³-hybridized carbons (Fsp3) is 0.375. The van der Waals surface area contributed by atoms with Crippen LogP contribution in [-0.4, -0.2) is 29.1 Å². The number of carbonyl (C=O) groups excluding carboxylic acids is 1. The molecule has 3 rings (SSSR count). The Morgan fingerprint density at radius 3 is 2.87 bits per heavy atom. The van der Waals surface area contributed by atoms with Crippen molar-refractivity contribution < 1.29 is 14.3 Å². The highest BCUT2D eigenvalue weighted by molar-refractivity contribution is 5.89. The maximum Gasteiger partial charge on any atom is 0.319 e. The van der Waals surface area contributed by atoms with E-state index < -0.39 is 0 Å². The minimum absolute atomic E-state index is 0.220. The van der Waals surface area contributed by atoms with Gasteiger partial charge < -0.3 is 20.1 Å². The summed E-state index contributed by atoms with van der Waals surface area (Å²) >= 11 is 0. The molecule has 0 spiro atoms. The van der Waals surface area contributed by atoms with Gasteiger partial charge in [-0.1, -0.05) is 0 Å². The lowest BCUT2D eigenvalue weighted by atomic mass is 10.3. The third-order valence-corrected chi connectivity index (χ3v) is 3.57. The molecule has 7 heteroatoms. The summed E-state index contributed by atoms with van der Waals surface area (Å²) in [6.45, 7) is 5.58. The molecule has 0 saturated heterocycles. The van der Waals surface area contributed by atoms with Crippen molar-refractivity contribution in [1.29, 1.82) is 0 Å². The van der Waals surface area contributed by atoms with Gasteiger partial charge >= 0.3 is 6.03 Å². The summed E-state index contributed by atoms with van der Waals surface area (Å²) in [4.78, 5) is 11.9. The zero-order valence-corrected chi connectivity index (χ0v) is 13.3. The molecule has 1 aromatic carbocycles. The molecule has 0 saturated carbocycles. The summed E-state index contributed by atoms with van der Waals surface area (Å²) in [5.41, 5.74) is 2.81. The summed E-state index contributed by atoms with van der Waals surface area (Å²) in [7, 11) is 0. The average molecular weight is 316 g/mol. The van der Waals surface area contributed by atoms with E-state index in [1.54, 1.807) is 18.2 Å². The molecule has 1 aliphatic heterocycles. The van der Waals surface area contributed by atoms with Gasteiger partial charge in [0.2, 0.25) is 6.79 Å². The quantitative estimate of drug-likeness (QED) is 0.831. The van der Waals surface area contributed by atoms with E-state index in [1.807, 2.05) is 24.6 Å². The molecule has 7 nitrogen and oxygen atoms in total. The van der Waals surface area contributed by atoms with Gasteiger partial charge in [0.1, 0.15) is 0 Å². The van der Waals surface area contributed by atoms with Crippen molar-refractivity contribution in [2.75, 3.05) is 18.7 Å². The normalized spacial score (nSPS) is 12.3. The van der Waals surface area contributed by atoms with Crippen LogP contribution in [0, 0.1) is 13.8 Å². The van der Waals surface area contributed by atoms with Crippen LogP contribution in [0.2, 0.25) is 0 Å². The molecule has 2 aromatic rings. The number of rotatable bonds is 5. The highest BCUT2D eigenvalue weighted by Gasteiger charge is 2.13. The fourth-order valence-corrected chi connectivity index (χ4v) is 2.48. The minimum Gasteiger partial charge on any atom is -0.454 e. The minimum atomic E-state index is -0.239. The molecular formula is C16H20N4O3. The number of amides is 2. The lowest BCUT2D eigenvalue weighted by molar-refractivity contribution is 0.174. The molecule has 1 aliphatic rings. The Labute approximate surface area is 134 Å². The zero-order valence-electron chi connectivity index (χ0n) is 13.3. The predicted octanol–water partition coefficient (Wildman–Crippen LogP) is 2.44. The number of fused-ring (bicyclic) bond motifs is 1. The average Bonchev–Trinajstić information content (AvgIpc) is 3.09. The van der Waals surface area contributed by atoms with Crippen molar-refractivity contribution in [1.82, 2.24) is 15.1 Å². The van der Waals surface area contributed by atoms with Crippen molar-refractivity contribution in [2.45, 2.75) is 26.8 Å². The van der Waals surface area contributed by atoms with Crippen molar-refractivity contribution in [3.05, 3.63) is 35.7 Å². The van der Waals surface area contributed by atoms with Crippen LogP contribution in [0.4, 0.5) is 10.5 Å². The van der Waals surface area contributed by atoms with E-state index in [9.17, 15) is 4.79 Å². The van der Waals surface area contributed by atoms with Crippen LogP contribution < -0.4 is 20.1 Å². The molecule has 0 fully saturated rings. The van der Waals surface area contributed by atoms with Crippen LogP contribution >= 0.6 is 0 Å². The van der Waals surface area contributed by atoms with E-state index in [0.29, 0.717) is 23.7 Å². The van der Waals surface area contributed by atoms with Gasteiger partial charge in [0.15, 0.2) is 11.5 Å². The number of nitrogens with one attached hydrogen (secondary N) is 2. The van der Waals surface area contributed by atoms with E-state index >= 15 is 0 Å². The number of hydrogen-bond donors (Lipinski definition) is 2. The number of aromatic nitrogens is 2. The number of hydrogen-bond acceptors (Lipinski definition) is 4. The lowest BCUT2D eigenvalue weighted by Gasteiger charge is -2.09. The molecule has 0 unspecified atom stereocenters. The van der Waals surface area contributed by atoms with E-state index in [2.05, 4.69) is 15.7 Å². The highest BCUT2D eigenvalue weighted by atomic mass is 16.7. The largest absolute Gasteiger partial charge is 0.454 e. The van der Waals surface area contributed by atoms with Gasteiger partial charge in [-0.25, -0.2) is 4.79 Å². The van der Waals surface area contributed by atoms with Gasteiger partial charge in [-0.05, 0) is 38.5 Å². The summed E-state index contributed by atoms with van der Waals surface area (Å²) in [5, 5.41) is 10.0. The van der Waals surface area contributed by atoms with Crippen LogP contribution in [0.15, 0.2) is 24.3 Å². The third-order valence-electron chi connectivity index (χ3n) is 3.57. The van der Waals surface area contributed by atoms with Gasteiger partial charge in [0.05, 0.1) is 5.69 Å². The zero-order chi connectivity index (χ0) is 16.2. The molecule has 122 valence electrons. The Balaban J connectivity index is 1.42. The number of ether oxygens (including phenoxy) is 2. The first-order valence-corrected chi connectivity index (χ1v) is 7.57. The summed E-state index contributed by atoms with van der Waals surface area (Å²) in [5.74, 6) is 1.34. The van der Waals surface area contributed by atoms with Crippen LogP contribution in [-0.2, 0) is 6.54 Å². The molecule has 1 aromatic heterocycles. The van der Waals surface area contributed by atoms with Gasteiger partial charge in [-0.3, -0.25) is 4.68 Å². The number of carbonyl (C=O) groups is 1. The predicted molar refractivity (Wildman–Crippen MR) is 85.9 cm³/mol. The van der Waals surface area contributed by atoms with Gasteiger partial charge in [0.25, 0.3) is 0 Å². The second kappa shape index (κ2) is 6.60. The highest BCUT2D eigenvalue weighted by Crippen LogP contribution is 2.34. The molecule has 0 radical (unpaired) electrons. The van der Waals surface area contributed by atoms with Crippen LogP contribution in [0.1, 0.15) is 17.8 Å². The summed E-state index contributed by atoms with van der Waals surface area (Å²) < 4.78 is 12.5. The van der Waals surface area contributed by atoms with Gasteiger partial charge in [-0.2, -0.15) is 5.10 Å². The summed E-state index contributed by atoms with van der Waals surface area (Å²) in [6, 6.07) is 7.11. The molecule has 2 amide bonds. The second-order valence-corrected chi connectivity index (χ2v) is 5.45. The summed E-state index contributed by atoms with van der Waals surface area (Å²) in [6.07, 6.45) is 0.816. The van der Waals surface area contributed by atoms with E-state index in [1.165, 1.54) is 0 Å². The Bertz CT molecular complexity index is 711. The molecule has 0 bridgehead atoms. The molecule has 0 atom stereocenters. The van der Waals surface area contributed by atoms with Gasteiger partial charge in [-0.15, -0.1) is 0 Å². The van der Waals surface area contributed by atoms with Crippen molar-refractivity contribution in [2.24, 2.45) is 0 Å². The van der Waals surface area contributed by atoms with Crippen molar-refractivity contribution >= 4 is 11.7 Å². The fourth-order valence-electron chi connectivity index (χ4n) is 2.48. The van der Waals surface area contributed by atoms with Crippen molar-refractivity contribution in [3.8, 4) is 11.5 Å². The third kappa shape index (κ3) is 3.74. The lowest BCUT2D eigenvalue weighted by Crippen LogP contribution is -2.30. The Morgan fingerprint density at radius 2 is 2.09 bits per heavy atom. The Hall–Kier alpha value is -2.70. The first-order valence-electron chi connectivity index (χ1n) is 7.57. The molecule has 2 N–H and O–H groups in total. The van der Waals surface area contributed by atoms with Gasteiger partial charge in [0, 0.05) is 30.5 Å². The van der Waals surface area contributed by atoms with Crippen molar-refractivity contribution in [3.63, 3.8) is 0 Å². The standard InChI is InChI=1S/C16H20N4O3/c1-11-8-12(2)20(19-11)7-3-6-17-16(21)18-13-4-5-14-15(9-13)23-10-22-14/h4-5,8-9H,3,6-7,10H2,1-2H3,(H2,17,18,21). The van der Waals surface area contributed by atoms with E-state index in [4.69, 9.17) is 9.47 Å². The maximum absolute atomic E-state index is 11.9. The van der Waals surface area contributed by atoms with Crippen LogP contribution in [0.3, 0.4) is 0 Å². The topological polar surface area (TPSA) is 77.4 Å². The monoisotopic (exact) mass is 316 g/mol. The maximum atomic E-state index is 11.9. The Kier molecular flexibility index (Phi) is 4.36. The molecular weight excluding hydrogens is 296 g/mol. The number of benzene rings is 1. The van der Waals surface area contributed by atoms with Crippen LogP contribution in [0.25, 0.3) is 0 Å². The van der Waals surface area contributed by atoms with E-state index in [0.717, 1.165) is 24.4 Å². The first-order chi connectivity index (χ1) is 11.1. The van der Waals surface area contributed by atoms with E-state index in [-0.39, 0.29) is 12.8 Å². The SMILES string of the molecule is Cc1cc(C)n(CCCNC(=O)Nc2ccc3c(c2)OCO3)n1. The number of urea groups is 1. The number of anilines is 1. The van der Waals surface area contributed by atoms with Crippen LogP contribution in [0.5, 0.6) is 11.5 Å².